The molecule has 1 aromatic carbocycles. The molecule has 0 radical (unpaired) electrons. The van der Waals surface area contributed by atoms with E-state index in [1.54, 1.807) is 24.4 Å². The molecule has 0 unspecified atom stereocenters. The van der Waals surface area contributed by atoms with Gasteiger partial charge in [0.1, 0.15) is 0 Å². The molecule has 1 aliphatic carbocycles. The zero-order valence-corrected chi connectivity index (χ0v) is 12.3. The molecule has 0 atom stereocenters. The summed E-state index contributed by atoms with van der Waals surface area (Å²) in [5, 5.41) is 10.8. The molecule has 6 nitrogen and oxygen atoms in total. The number of H-pyrrole nitrogens is 1. The first-order valence-electron chi connectivity index (χ1n) is 7.45. The number of nitrogens with one attached hydrogen (secondary N) is 2. The van der Waals surface area contributed by atoms with Crippen LogP contribution in [-0.4, -0.2) is 26.9 Å². The highest BCUT2D eigenvalue weighted by atomic mass is 16.1. The molecule has 0 saturated heterocycles. The minimum Gasteiger partial charge on any atom is -0.346 e. The molecule has 3 aromatic rings. The Labute approximate surface area is 131 Å². The lowest BCUT2D eigenvalue weighted by Crippen LogP contribution is -2.24. The second-order valence-electron chi connectivity index (χ2n) is 5.51. The summed E-state index contributed by atoms with van der Waals surface area (Å²) in [7, 11) is 0. The molecule has 6 heteroatoms. The van der Waals surface area contributed by atoms with Crippen molar-refractivity contribution >= 4 is 22.7 Å². The highest BCUT2D eigenvalue weighted by Crippen LogP contribution is 2.25. The summed E-state index contributed by atoms with van der Waals surface area (Å²) in [6.07, 6.45) is 2.79. The molecule has 4 rings (SSSR count). The van der Waals surface area contributed by atoms with Crippen LogP contribution in [-0.2, 0) is 13.0 Å². The van der Waals surface area contributed by atoms with E-state index in [4.69, 9.17) is 0 Å². The smallest absolute Gasteiger partial charge is 0.251 e. The van der Waals surface area contributed by atoms with Crippen molar-refractivity contribution in [3.8, 4) is 0 Å². The van der Waals surface area contributed by atoms with Gasteiger partial charge in [-0.15, -0.1) is 0 Å². The number of aromatic amines is 1. The first-order chi connectivity index (χ1) is 11.2. The summed E-state index contributed by atoms with van der Waals surface area (Å²) in [5.41, 5.74) is 3.54. The lowest BCUT2D eigenvalue weighted by molar-refractivity contribution is 0.0949. The topological polar surface area (TPSA) is 87.7 Å². The Balaban J connectivity index is 1.56. The number of carbonyl (C=O) groups excluding carboxylic acids is 2. The van der Waals surface area contributed by atoms with Crippen LogP contribution in [0.2, 0.25) is 0 Å². The number of benzene rings is 1. The van der Waals surface area contributed by atoms with Crippen molar-refractivity contribution < 1.29 is 9.59 Å². The van der Waals surface area contributed by atoms with Crippen LogP contribution in [0.5, 0.6) is 0 Å². The SMILES string of the molecule is O=C1CCc2c1cccc2C(=O)NCc1[nH]nc2ncccc12. The highest BCUT2D eigenvalue weighted by Gasteiger charge is 2.24. The van der Waals surface area contributed by atoms with Gasteiger partial charge in [-0.1, -0.05) is 12.1 Å². The number of rotatable bonds is 3. The number of carbonyl (C=O) groups is 2. The highest BCUT2D eigenvalue weighted by molar-refractivity contribution is 6.05. The molecule has 2 N–H and O–H groups in total. The minimum atomic E-state index is -0.178. The number of fused-ring (bicyclic) bond motifs is 2. The van der Waals surface area contributed by atoms with Crippen molar-refractivity contribution in [3.05, 3.63) is 58.9 Å². The van der Waals surface area contributed by atoms with Crippen LogP contribution >= 0.6 is 0 Å². The fraction of sp³-hybridized carbons (Fsp3) is 0.176. The van der Waals surface area contributed by atoms with Gasteiger partial charge in [0.15, 0.2) is 11.4 Å². The standard InChI is InChI=1S/C17H14N4O2/c22-15-7-6-10-11(15)3-1-4-12(10)17(23)19-9-14-13-5-2-8-18-16(13)21-20-14/h1-5,8H,6-7,9H2,(H,19,23)(H,18,20,21). The molecule has 0 spiro atoms. The third-order valence-corrected chi connectivity index (χ3v) is 4.16. The zero-order valence-electron chi connectivity index (χ0n) is 12.3. The van der Waals surface area contributed by atoms with Gasteiger partial charge in [0, 0.05) is 29.1 Å². The average molecular weight is 306 g/mol. The predicted molar refractivity (Wildman–Crippen MR) is 84.2 cm³/mol. The number of pyridine rings is 1. The summed E-state index contributed by atoms with van der Waals surface area (Å²) in [6, 6.07) is 9.05. The van der Waals surface area contributed by atoms with Gasteiger partial charge < -0.3 is 5.32 Å². The van der Waals surface area contributed by atoms with Crippen molar-refractivity contribution in [3.63, 3.8) is 0 Å². The Morgan fingerprint density at radius 1 is 1.22 bits per heavy atom. The first-order valence-corrected chi connectivity index (χ1v) is 7.45. The molecule has 23 heavy (non-hydrogen) atoms. The minimum absolute atomic E-state index is 0.111. The van der Waals surface area contributed by atoms with Crippen molar-refractivity contribution in [2.24, 2.45) is 0 Å². The number of aromatic nitrogens is 3. The van der Waals surface area contributed by atoms with E-state index in [0.29, 0.717) is 36.2 Å². The third-order valence-electron chi connectivity index (χ3n) is 4.16. The van der Waals surface area contributed by atoms with E-state index >= 15 is 0 Å². The quantitative estimate of drug-likeness (QED) is 0.775. The normalized spacial score (nSPS) is 13.3. The summed E-state index contributed by atoms with van der Waals surface area (Å²) in [6.45, 7) is 0.332. The number of amides is 1. The average Bonchev–Trinajstić information content (AvgIpc) is 3.17. The Morgan fingerprint density at radius 3 is 3.04 bits per heavy atom. The maximum Gasteiger partial charge on any atom is 0.251 e. The van der Waals surface area contributed by atoms with Gasteiger partial charge >= 0.3 is 0 Å². The number of hydrogen-bond acceptors (Lipinski definition) is 4. The summed E-state index contributed by atoms with van der Waals surface area (Å²) in [4.78, 5) is 28.4. The van der Waals surface area contributed by atoms with Crippen LogP contribution in [0.25, 0.3) is 11.0 Å². The lowest BCUT2D eigenvalue weighted by atomic mass is 10.0. The molecule has 0 bridgehead atoms. The second kappa shape index (κ2) is 5.31. The van der Waals surface area contributed by atoms with Gasteiger partial charge in [-0.25, -0.2) is 4.98 Å². The van der Waals surface area contributed by atoms with Gasteiger partial charge in [-0.05, 0) is 30.2 Å². The van der Waals surface area contributed by atoms with Gasteiger partial charge in [0.05, 0.1) is 12.2 Å². The van der Waals surface area contributed by atoms with Crippen molar-refractivity contribution in [2.75, 3.05) is 0 Å². The van der Waals surface area contributed by atoms with Crippen molar-refractivity contribution in [1.29, 1.82) is 0 Å². The molecule has 0 aliphatic heterocycles. The summed E-state index contributed by atoms with van der Waals surface area (Å²) < 4.78 is 0. The third kappa shape index (κ3) is 2.28. The van der Waals surface area contributed by atoms with Gasteiger partial charge in [-0.3, -0.25) is 14.7 Å². The monoisotopic (exact) mass is 306 g/mol. The van der Waals surface area contributed by atoms with Crippen LogP contribution in [0.1, 0.15) is 38.4 Å². The molecule has 1 amide bonds. The van der Waals surface area contributed by atoms with E-state index in [2.05, 4.69) is 20.5 Å². The number of Topliss-reactive ketones (excluding diaryl/α,β-unsaturated/α-hetero) is 1. The molecule has 114 valence electrons. The summed E-state index contributed by atoms with van der Waals surface area (Å²) >= 11 is 0. The van der Waals surface area contributed by atoms with E-state index in [0.717, 1.165) is 16.6 Å². The maximum atomic E-state index is 12.5. The van der Waals surface area contributed by atoms with E-state index in [1.807, 2.05) is 12.1 Å². The zero-order chi connectivity index (χ0) is 15.8. The lowest BCUT2D eigenvalue weighted by Gasteiger charge is -2.08. The summed E-state index contributed by atoms with van der Waals surface area (Å²) in [5.74, 6) is -0.0662. The maximum absolute atomic E-state index is 12.5. The van der Waals surface area contributed by atoms with E-state index in [9.17, 15) is 9.59 Å². The van der Waals surface area contributed by atoms with E-state index in [-0.39, 0.29) is 11.7 Å². The van der Waals surface area contributed by atoms with Crippen molar-refractivity contribution in [2.45, 2.75) is 19.4 Å². The van der Waals surface area contributed by atoms with E-state index < -0.39 is 0 Å². The second-order valence-corrected chi connectivity index (χ2v) is 5.51. The molecule has 2 aromatic heterocycles. The fourth-order valence-electron chi connectivity index (χ4n) is 3.00. The molecule has 0 fully saturated rings. The Bertz CT molecular complexity index is 929. The fourth-order valence-corrected chi connectivity index (χ4v) is 3.00. The Hall–Kier alpha value is -3.02. The number of hydrogen-bond donors (Lipinski definition) is 2. The molecule has 2 heterocycles. The van der Waals surface area contributed by atoms with Gasteiger partial charge in [0.2, 0.25) is 0 Å². The molecule has 0 saturated carbocycles. The molecular weight excluding hydrogens is 292 g/mol. The Kier molecular flexibility index (Phi) is 3.15. The van der Waals surface area contributed by atoms with Gasteiger partial charge in [-0.2, -0.15) is 5.10 Å². The van der Waals surface area contributed by atoms with Crippen LogP contribution in [0, 0.1) is 0 Å². The van der Waals surface area contributed by atoms with Crippen molar-refractivity contribution in [1.82, 2.24) is 20.5 Å². The Morgan fingerprint density at radius 2 is 2.13 bits per heavy atom. The van der Waals surface area contributed by atoms with E-state index in [1.165, 1.54) is 0 Å². The predicted octanol–water partition coefficient (Wildman–Crippen LogP) is 2.02. The largest absolute Gasteiger partial charge is 0.346 e. The van der Waals surface area contributed by atoms with Crippen LogP contribution < -0.4 is 5.32 Å². The van der Waals surface area contributed by atoms with Crippen LogP contribution in [0.4, 0.5) is 0 Å². The van der Waals surface area contributed by atoms with Crippen LogP contribution in [0.15, 0.2) is 36.5 Å². The van der Waals surface area contributed by atoms with Crippen LogP contribution in [0.3, 0.4) is 0 Å². The molecule has 1 aliphatic rings. The van der Waals surface area contributed by atoms with Gasteiger partial charge in [0.25, 0.3) is 5.91 Å². The molecular formula is C17H14N4O2. The number of ketones is 1. The first kappa shape index (κ1) is 13.6. The number of nitrogens with zero attached hydrogens (tertiary/aromatic N) is 2.